The summed E-state index contributed by atoms with van der Waals surface area (Å²) >= 11 is 0. The molecule has 0 saturated heterocycles. The van der Waals surface area contributed by atoms with E-state index >= 15 is 0 Å². The Hall–Kier alpha value is -2.87. The molecule has 5 rings (SSSR count). The maximum Gasteiger partial charge on any atom is 0.256 e. The van der Waals surface area contributed by atoms with Crippen molar-refractivity contribution in [2.45, 2.75) is 46.0 Å². The number of furan rings is 1. The SMILES string of the molecule is Cc1c(C2=[N+](C)c3c(oc4ccccc34)C2(C)C)cc(C(C)C)c2ccccc12. The molecule has 0 amide bonds. The molecular formula is C27H28NO+. The second-order valence-corrected chi connectivity index (χ2v) is 9.15. The quantitative estimate of drug-likeness (QED) is 0.339. The second-order valence-electron chi connectivity index (χ2n) is 9.15. The largest absolute Gasteiger partial charge is 0.453 e. The predicted molar refractivity (Wildman–Crippen MR) is 122 cm³/mol. The van der Waals surface area contributed by atoms with E-state index < -0.39 is 0 Å². The Morgan fingerprint density at radius 1 is 0.897 bits per heavy atom. The van der Waals surface area contributed by atoms with E-state index in [9.17, 15) is 0 Å². The first kappa shape index (κ1) is 18.2. The Morgan fingerprint density at radius 3 is 2.21 bits per heavy atom. The summed E-state index contributed by atoms with van der Waals surface area (Å²) in [4.78, 5) is 0. The van der Waals surface area contributed by atoms with E-state index in [-0.39, 0.29) is 5.41 Å². The van der Waals surface area contributed by atoms with Gasteiger partial charge >= 0.3 is 0 Å². The fourth-order valence-corrected chi connectivity index (χ4v) is 5.22. The molecule has 1 aromatic heterocycles. The average molecular weight is 383 g/mol. The number of nitrogens with zero attached hydrogens (tertiary/aromatic N) is 1. The van der Waals surface area contributed by atoms with E-state index in [0.29, 0.717) is 5.92 Å². The molecule has 2 heteroatoms. The van der Waals surface area contributed by atoms with E-state index in [1.165, 1.54) is 44.2 Å². The number of benzene rings is 3. The summed E-state index contributed by atoms with van der Waals surface area (Å²) in [5.41, 5.74) is 7.37. The van der Waals surface area contributed by atoms with Crippen LogP contribution in [0.15, 0.2) is 59.0 Å². The molecule has 2 heterocycles. The highest BCUT2D eigenvalue weighted by Crippen LogP contribution is 2.47. The maximum absolute atomic E-state index is 6.39. The van der Waals surface area contributed by atoms with Gasteiger partial charge in [-0.25, -0.2) is 0 Å². The molecule has 0 bridgehead atoms. The van der Waals surface area contributed by atoms with Gasteiger partial charge in [0.2, 0.25) is 5.71 Å². The van der Waals surface area contributed by atoms with E-state index in [1.807, 2.05) is 6.07 Å². The van der Waals surface area contributed by atoms with Gasteiger partial charge in [0.25, 0.3) is 5.69 Å². The molecule has 29 heavy (non-hydrogen) atoms. The summed E-state index contributed by atoms with van der Waals surface area (Å²) in [5, 5.41) is 3.90. The summed E-state index contributed by atoms with van der Waals surface area (Å²) in [6.45, 7) is 11.4. The summed E-state index contributed by atoms with van der Waals surface area (Å²) in [5.74, 6) is 1.53. The normalized spacial score (nSPS) is 15.7. The van der Waals surface area contributed by atoms with Crippen molar-refractivity contribution in [3.8, 4) is 0 Å². The molecule has 2 nitrogen and oxygen atoms in total. The Balaban J connectivity index is 1.87. The van der Waals surface area contributed by atoms with Gasteiger partial charge in [-0.3, -0.25) is 0 Å². The van der Waals surface area contributed by atoms with Crippen LogP contribution in [0.3, 0.4) is 0 Å². The molecular weight excluding hydrogens is 354 g/mol. The smallest absolute Gasteiger partial charge is 0.256 e. The number of para-hydroxylation sites is 1. The van der Waals surface area contributed by atoms with Crippen LogP contribution < -0.4 is 0 Å². The lowest BCUT2D eigenvalue weighted by Crippen LogP contribution is -2.30. The topological polar surface area (TPSA) is 16.1 Å². The van der Waals surface area contributed by atoms with Crippen molar-refractivity contribution in [3.05, 3.63) is 77.0 Å². The van der Waals surface area contributed by atoms with Gasteiger partial charge in [0.15, 0.2) is 5.76 Å². The zero-order valence-corrected chi connectivity index (χ0v) is 18.1. The molecule has 0 fully saturated rings. The first-order valence-corrected chi connectivity index (χ1v) is 10.5. The number of hydrogen-bond acceptors (Lipinski definition) is 1. The first-order valence-electron chi connectivity index (χ1n) is 10.5. The number of hydrogen-bond donors (Lipinski definition) is 0. The maximum atomic E-state index is 6.39. The Bertz CT molecular complexity index is 1320. The molecule has 0 N–H and O–H groups in total. The summed E-state index contributed by atoms with van der Waals surface area (Å²) in [7, 11) is 2.19. The predicted octanol–water partition coefficient (Wildman–Crippen LogP) is 7.07. The highest BCUT2D eigenvalue weighted by molar-refractivity contribution is 6.12. The first-order chi connectivity index (χ1) is 13.8. The lowest BCUT2D eigenvalue weighted by atomic mass is 9.79. The highest BCUT2D eigenvalue weighted by atomic mass is 16.3. The van der Waals surface area contributed by atoms with Gasteiger partial charge in [-0.2, -0.15) is 4.58 Å². The van der Waals surface area contributed by atoms with Gasteiger partial charge < -0.3 is 4.42 Å². The van der Waals surface area contributed by atoms with Crippen LogP contribution in [-0.4, -0.2) is 17.3 Å². The molecule has 0 spiro atoms. The number of aryl methyl sites for hydroxylation is 1. The Labute approximate surface area is 172 Å². The van der Waals surface area contributed by atoms with Gasteiger partial charge in [-0.15, -0.1) is 0 Å². The van der Waals surface area contributed by atoms with Crippen LogP contribution in [0, 0.1) is 6.92 Å². The molecule has 0 aliphatic carbocycles. The van der Waals surface area contributed by atoms with Gasteiger partial charge in [-0.1, -0.05) is 50.2 Å². The lowest BCUT2D eigenvalue weighted by molar-refractivity contribution is -0.400. The van der Waals surface area contributed by atoms with Crippen molar-refractivity contribution in [3.63, 3.8) is 0 Å². The van der Waals surface area contributed by atoms with E-state index in [4.69, 9.17) is 4.42 Å². The van der Waals surface area contributed by atoms with E-state index in [0.717, 1.165) is 11.3 Å². The summed E-state index contributed by atoms with van der Waals surface area (Å²) in [6.07, 6.45) is 0. The average Bonchev–Trinajstić information content (AvgIpc) is 3.17. The van der Waals surface area contributed by atoms with Crippen molar-refractivity contribution in [1.82, 2.24) is 0 Å². The molecule has 1 aliphatic rings. The van der Waals surface area contributed by atoms with Gasteiger partial charge in [0, 0.05) is 5.56 Å². The fraction of sp³-hybridized carbons (Fsp3) is 0.296. The highest BCUT2D eigenvalue weighted by Gasteiger charge is 2.50. The Morgan fingerprint density at radius 2 is 1.52 bits per heavy atom. The monoisotopic (exact) mass is 382 g/mol. The number of fused-ring (bicyclic) bond motifs is 4. The van der Waals surface area contributed by atoms with Crippen LogP contribution in [0.5, 0.6) is 0 Å². The van der Waals surface area contributed by atoms with Crippen LogP contribution in [-0.2, 0) is 5.41 Å². The van der Waals surface area contributed by atoms with Gasteiger partial charge in [0.1, 0.15) is 18.0 Å². The van der Waals surface area contributed by atoms with Crippen molar-refractivity contribution in [2.75, 3.05) is 7.05 Å². The van der Waals surface area contributed by atoms with Crippen LogP contribution in [0.25, 0.3) is 21.7 Å². The molecule has 4 aromatic rings. The fourth-order valence-electron chi connectivity index (χ4n) is 5.22. The molecule has 0 radical (unpaired) electrons. The molecule has 1 aliphatic heterocycles. The Kier molecular flexibility index (Phi) is 3.80. The van der Waals surface area contributed by atoms with Crippen molar-refractivity contribution < 1.29 is 8.99 Å². The van der Waals surface area contributed by atoms with Crippen molar-refractivity contribution in [2.24, 2.45) is 0 Å². The third-order valence-corrected chi connectivity index (χ3v) is 6.62. The third-order valence-electron chi connectivity index (χ3n) is 6.62. The minimum atomic E-state index is -0.204. The van der Waals surface area contributed by atoms with E-state index in [2.05, 4.69) is 94.8 Å². The van der Waals surface area contributed by atoms with Crippen molar-refractivity contribution >= 4 is 33.1 Å². The minimum absolute atomic E-state index is 0.204. The molecule has 3 aromatic carbocycles. The number of rotatable bonds is 2. The van der Waals surface area contributed by atoms with Gasteiger partial charge in [-0.05, 0) is 66.8 Å². The molecule has 0 saturated carbocycles. The van der Waals surface area contributed by atoms with Crippen LogP contribution in [0.1, 0.15) is 56.1 Å². The zero-order chi connectivity index (χ0) is 20.5. The van der Waals surface area contributed by atoms with E-state index in [1.54, 1.807) is 0 Å². The molecule has 0 atom stereocenters. The van der Waals surface area contributed by atoms with Crippen LogP contribution >= 0.6 is 0 Å². The molecule has 146 valence electrons. The van der Waals surface area contributed by atoms with Crippen LogP contribution in [0.4, 0.5) is 5.69 Å². The summed E-state index contributed by atoms with van der Waals surface area (Å²) in [6, 6.07) is 19.6. The molecule has 0 unspecified atom stereocenters. The summed E-state index contributed by atoms with van der Waals surface area (Å²) < 4.78 is 8.75. The zero-order valence-electron chi connectivity index (χ0n) is 18.1. The standard InChI is InChI=1S/C27H28NO/c1-16(2)21-15-22(17(3)18-11-7-8-12-19(18)21)25-27(4,5)26-24(28(25)6)20-13-9-10-14-23(20)29-26/h7-16H,1-6H3/q+1. The van der Waals surface area contributed by atoms with Crippen molar-refractivity contribution in [1.29, 1.82) is 0 Å². The third kappa shape index (κ3) is 2.38. The lowest BCUT2D eigenvalue weighted by Gasteiger charge is -2.21. The minimum Gasteiger partial charge on any atom is -0.453 e. The second kappa shape index (κ2) is 6.06. The van der Waals surface area contributed by atoms with Gasteiger partial charge in [0.05, 0.1) is 5.39 Å². The van der Waals surface area contributed by atoms with Crippen LogP contribution in [0.2, 0.25) is 0 Å².